The van der Waals surface area contributed by atoms with Gasteiger partial charge in [-0.25, -0.2) is 0 Å². The molecule has 0 spiro atoms. The van der Waals surface area contributed by atoms with E-state index in [4.69, 9.17) is 14.2 Å². The van der Waals surface area contributed by atoms with Crippen LogP contribution in [0.1, 0.15) is 52.7 Å². The van der Waals surface area contributed by atoms with Crippen LogP contribution in [0.15, 0.2) is 53.5 Å². The van der Waals surface area contributed by atoms with E-state index in [0.29, 0.717) is 19.6 Å². The van der Waals surface area contributed by atoms with Gasteiger partial charge in [-0.3, -0.25) is 0 Å². The first-order valence-corrected chi connectivity index (χ1v) is 22.9. The van der Waals surface area contributed by atoms with E-state index in [1.165, 1.54) is 3.58 Å². The minimum atomic E-state index is -2.43. The van der Waals surface area contributed by atoms with Crippen LogP contribution < -0.4 is 18.9 Å². The Morgan fingerprint density at radius 3 is 1.87 bits per heavy atom. The molecule has 0 fully saturated rings. The summed E-state index contributed by atoms with van der Waals surface area (Å²) in [5, 5.41) is 5.03. The number of rotatable bonds is 7. The molecule has 0 aliphatic rings. The maximum atomic E-state index is 12.3. The number of guanidine groups is 1. The molecular formula is C29H43N3O5Sn. The average Bonchev–Trinajstić information content (AvgIpc) is 2.75. The van der Waals surface area contributed by atoms with Crippen molar-refractivity contribution in [1.29, 1.82) is 0 Å². The molecule has 0 radical (unpaired) electrons. The SMILES string of the molecule is CC(C)(C)OC(=O)NC(=NCCc1cc[c]([Sn]([CH3])([CH3])[CH3])c(OCc2ccccc2)c1)NC(=O)OC(C)(C)C. The van der Waals surface area contributed by atoms with Crippen LogP contribution >= 0.6 is 0 Å². The van der Waals surface area contributed by atoms with E-state index in [1.807, 2.05) is 18.2 Å². The molecule has 0 aliphatic carbocycles. The topological polar surface area (TPSA) is 98.3 Å². The molecule has 0 aliphatic heterocycles. The minimum Gasteiger partial charge on any atom is -0.0253 e. The molecule has 2 amide bonds. The summed E-state index contributed by atoms with van der Waals surface area (Å²) in [6, 6.07) is 16.5. The molecule has 8 nitrogen and oxygen atoms in total. The van der Waals surface area contributed by atoms with E-state index in [9.17, 15) is 9.59 Å². The van der Waals surface area contributed by atoms with Gasteiger partial charge in [0, 0.05) is 0 Å². The van der Waals surface area contributed by atoms with E-state index in [-0.39, 0.29) is 5.96 Å². The predicted molar refractivity (Wildman–Crippen MR) is 155 cm³/mol. The van der Waals surface area contributed by atoms with Crippen molar-refractivity contribution in [3.63, 3.8) is 0 Å². The van der Waals surface area contributed by atoms with E-state index >= 15 is 0 Å². The molecule has 2 N–H and O–H groups in total. The van der Waals surface area contributed by atoms with Crippen LogP contribution in [-0.4, -0.2) is 54.3 Å². The smallest absolute Gasteiger partial charge is 0.0253 e. The van der Waals surface area contributed by atoms with Crippen molar-refractivity contribution in [1.82, 2.24) is 10.6 Å². The first kappa shape index (κ1) is 31.5. The predicted octanol–water partition coefficient (Wildman–Crippen LogP) is 5.76. The van der Waals surface area contributed by atoms with Gasteiger partial charge < -0.3 is 0 Å². The van der Waals surface area contributed by atoms with Crippen LogP contribution in [0.2, 0.25) is 14.8 Å². The number of nitrogens with zero attached hydrogens (tertiary/aromatic N) is 1. The third-order valence-electron chi connectivity index (χ3n) is 5.00. The Morgan fingerprint density at radius 1 is 0.816 bits per heavy atom. The zero-order valence-corrected chi connectivity index (χ0v) is 27.1. The fourth-order valence-electron chi connectivity index (χ4n) is 3.40. The van der Waals surface area contributed by atoms with Gasteiger partial charge in [0.2, 0.25) is 0 Å². The summed E-state index contributed by atoms with van der Waals surface area (Å²) in [4.78, 5) is 36.1. The second kappa shape index (κ2) is 13.4. The maximum absolute atomic E-state index is 12.3. The second-order valence-electron chi connectivity index (χ2n) is 12.1. The fraction of sp³-hybridized carbons (Fsp3) is 0.483. The molecule has 0 saturated heterocycles. The zero-order chi connectivity index (χ0) is 28.6. The van der Waals surface area contributed by atoms with E-state index in [2.05, 4.69) is 60.8 Å². The zero-order valence-electron chi connectivity index (χ0n) is 24.2. The van der Waals surface area contributed by atoms with Crippen LogP contribution in [0.5, 0.6) is 5.75 Å². The first-order chi connectivity index (χ1) is 17.5. The second-order valence-corrected chi connectivity index (χ2v) is 26.5. The third kappa shape index (κ3) is 12.2. The molecular weight excluding hydrogens is 589 g/mol. The number of hydrogen-bond donors (Lipinski definition) is 2. The summed E-state index contributed by atoms with van der Waals surface area (Å²) in [7, 11) is 0. The Hall–Kier alpha value is -2.75. The quantitative estimate of drug-likeness (QED) is 0.230. The van der Waals surface area contributed by atoms with E-state index < -0.39 is 41.8 Å². The molecule has 2 rings (SSSR count). The van der Waals surface area contributed by atoms with Gasteiger partial charge in [0.05, 0.1) is 0 Å². The summed E-state index contributed by atoms with van der Waals surface area (Å²) in [5.41, 5.74) is 0.766. The normalized spacial score (nSPS) is 11.8. The Balaban J connectivity index is 2.18. The molecule has 0 heterocycles. The van der Waals surface area contributed by atoms with Crippen molar-refractivity contribution in [3.05, 3.63) is 59.7 Å². The van der Waals surface area contributed by atoms with Gasteiger partial charge in [0.25, 0.3) is 0 Å². The van der Waals surface area contributed by atoms with Crippen LogP contribution in [0.3, 0.4) is 0 Å². The Bertz CT molecular complexity index is 1080. The van der Waals surface area contributed by atoms with Crippen molar-refractivity contribution in [2.45, 2.75) is 80.6 Å². The molecule has 0 atom stereocenters. The molecule has 0 aromatic heterocycles. The average molecular weight is 632 g/mol. The molecule has 38 heavy (non-hydrogen) atoms. The number of ether oxygens (including phenoxy) is 3. The Labute approximate surface area is 231 Å². The molecule has 0 bridgehead atoms. The number of carbonyl (C=O) groups excluding carboxylic acids is 2. The van der Waals surface area contributed by atoms with E-state index in [0.717, 1.165) is 16.9 Å². The number of amides is 2. The van der Waals surface area contributed by atoms with Crippen LogP contribution in [-0.2, 0) is 22.5 Å². The molecule has 0 saturated carbocycles. The number of carbonyl (C=O) groups is 2. The fourth-order valence-corrected chi connectivity index (χ4v) is 7.59. The van der Waals surface area contributed by atoms with Gasteiger partial charge in [0.15, 0.2) is 0 Å². The summed E-state index contributed by atoms with van der Waals surface area (Å²) < 4.78 is 18.2. The number of nitrogens with one attached hydrogen (secondary N) is 2. The van der Waals surface area contributed by atoms with Crippen molar-refractivity contribution < 1.29 is 23.8 Å². The van der Waals surface area contributed by atoms with Crippen molar-refractivity contribution in [2.75, 3.05) is 6.54 Å². The molecule has 208 valence electrons. The Morgan fingerprint density at radius 2 is 1.37 bits per heavy atom. The van der Waals surface area contributed by atoms with Crippen LogP contribution in [0, 0.1) is 0 Å². The van der Waals surface area contributed by atoms with Crippen molar-refractivity contribution in [3.8, 4) is 5.75 Å². The molecule has 0 unspecified atom stereocenters. The number of benzene rings is 2. The molecule has 9 heteroatoms. The summed E-state index contributed by atoms with van der Waals surface area (Å²) >= 11 is -2.43. The number of aliphatic imine (C=N–C) groups is 1. The van der Waals surface area contributed by atoms with E-state index in [1.54, 1.807) is 41.5 Å². The molecule has 2 aromatic rings. The van der Waals surface area contributed by atoms with Crippen LogP contribution in [0.4, 0.5) is 9.59 Å². The summed E-state index contributed by atoms with van der Waals surface area (Å²) in [6.45, 7) is 11.4. The number of alkyl carbamates (subject to hydrolysis) is 2. The first-order valence-electron chi connectivity index (χ1n) is 12.9. The monoisotopic (exact) mass is 633 g/mol. The number of hydrogen-bond acceptors (Lipinski definition) is 6. The third-order valence-corrected chi connectivity index (χ3v) is 10.8. The summed E-state index contributed by atoms with van der Waals surface area (Å²) in [6.07, 6.45) is -0.853. The minimum absolute atomic E-state index is 0.0310. The Kier molecular flexibility index (Phi) is 11.1. The molecule has 2 aromatic carbocycles. The van der Waals surface area contributed by atoms with Crippen molar-refractivity contribution in [2.24, 2.45) is 4.99 Å². The van der Waals surface area contributed by atoms with Gasteiger partial charge in [-0.15, -0.1) is 0 Å². The van der Waals surface area contributed by atoms with Crippen LogP contribution in [0.25, 0.3) is 0 Å². The summed E-state index contributed by atoms with van der Waals surface area (Å²) in [5.74, 6) is 0.883. The van der Waals surface area contributed by atoms with Gasteiger partial charge >= 0.3 is 191 Å². The van der Waals surface area contributed by atoms with Gasteiger partial charge in [-0.2, -0.15) is 0 Å². The standard InChI is InChI=1S/C26H34N3O5.3CH3.Sn/c1-25(2,3)33-23(30)28-22(29-24(31)34-26(4,5)6)27-16-15-19-13-10-14-21(17-19)32-18-20-11-8-7-9-12-20;;;;/h7-13,17H,15-16,18H2,1-6H3,(H2,27,28,29,30,31);3*1H3;. The van der Waals surface area contributed by atoms with Crippen molar-refractivity contribution >= 4 is 40.1 Å². The van der Waals surface area contributed by atoms with Gasteiger partial charge in [-0.1, -0.05) is 0 Å². The van der Waals surface area contributed by atoms with Gasteiger partial charge in [-0.05, 0) is 41.5 Å². The van der Waals surface area contributed by atoms with Gasteiger partial charge in [0.1, 0.15) is 0 Å².